The van der Waals surface area contributed by atoms with Gasteiger partial charge < -0.3 is 20.4 Å². The van der Waals surface area contributed by atoms with Gasteiger partial charge in [-0.15, -0.1) is 13.2 Å². The lowest BCUT2D eigenvalue weighted by Crippen LogP contribution is -2.28. The van der Waals surface area contributed by atoms with Gasteiger partial charge in [-0.2, -0.15) is 0 Å². The van der Waals surface area contributed by atoms with Crippen molar-refractivity contribution in [2.45, 2.75) is 38.6 Å². The number of halogens is 3. The monoisotopic (exact) mass is 433 g/mol. The number of ether oxygens (including phenoxy) is 1. The Hall–Kier alpha value is -3.49. The lowest BCUT2D eigenvalue weighted by atomic mass is 10.1. The summed E-state index contributed by atoms with van der Waals surface area (Å²) in [7, 11) is 0. The van der Waals surface area contributed by atoms with Gasteiger partial charge in [0, 0.05) is 23.9 Å². The Labute approximate surface area is 176 Å². The molecular weight excluding hydrogens is 411 g/mol. The number of nitrogens with two attached hydrogens (primary N) is 1. The molecule has 3 rings (SSSR count). The Balaban J connectivity index is 1.65. The first kappa shape index (κ1) is 22.2. The van der Waals surface area contributed by atoms with E-state index < -0.39 is 6.36 Å². The third-order valence-electron chi connectivity index (χ3n) is 4.69. The van der Waals surface area contributed by atoms with Gasteiger partial charge in [0.2, 0.25) is 5.91 Å². The maximum atomic E-state index is 12.7. The predicted octanol–water partition coefficient (Wildman–Crippen LogP) is 3.36. The third kappa shape index (κ3) is 6.50. The molecule has 0 aliphatic heterocycles. The molecule has 0 saturated heterocycles. The normalized spacial score (nSPS) is 13.9. The maximum absolute atomic E-state index is 12.7. The van der Waals surface area contributed by atoms with Gasteiger partial charge in [-0.05, 0) is 49.1 Å². The highest BCUT2D eigenvalue weighted by Crippen LogP contribution is 2.23. The SMILES string of the molecule is NC1=C(NC(=O)CCc2cccn(Cc3cccc(OC(F)(F)F)c3)c2=O)C=CCC1. The Morgan fingerprint density at radius 2 is 2.03 bits per heavy atom. The summed E-state index contributed by atoms with van der Waals surface area (Å²) >= 11 is 0. The van der Waals surface area contributed by atoms with Crippen molar-refractivity contribution in [2.24, 2.45) is 5.73 Å². The molecule has 6 nitrogen and oxygen atoms in total. The number of pyridine rings is 1. The molecule has 31 heavy (non-hydrogen) atoms. The van der Waals surface area contributed by atoms with Crippen molar-refractivity contribution in [1.29, 1.82) is 0 Å². The quantitative estimate of drug-likeness (QED) is 0.701. The van der Waals surface area contributed by atoms with Gasteiger partial charge >= 0.3 is 6.36 Å². The molecule has 0 bridgehead atoms. The molecular formula is C22H22F3N3O3. The number of benzene rings is 1. The van der Waals surface area contributed by atoms with Crippen LogP contribution in [0.1, 0.15) is 30.4 Å². The molecule has 1 aromatic heterocycles. The number of amides is 1. The lowest BCUT2D eigenvalue weighted by molar-refractivity contribution is -0.274. The molecule has 0 saturated carbocycles. The standard InChI is InChI=1S/C22H22F3N3O3/c23-22(24,25)31-17-7-3-5-15(13-17)14-28-12-4-6-16(21(28)30)10-11-20(29)27-19-9-2-1-8-18(19)26/h2-7,9,12-13H,1,8,10-11,14,26H2,(H,27,29). The van der Waals surface area contributed by atoms with Crippen LogP contribution in [0.25, 0.3) is 0 Å². The van der Waals surface area contributed by atoms with E-state index in [9.17, 15) is 22.8 Å². The summed E-state index contributed by atoms with van der Waals surface area (Å²) < 4.78 is 42.5. The average Bonchev–Trinajstić information content (AvgIpc) is 2.69. The molecule has 1 aliphatic carbocycles. The Bertz CT molecular complexity index is 1070. The summed E-state index contributed by atoms with van der Waals surface area (Å²) in [6.45, 7) is 0.0716. The van der Waals surface area contributed by atoms with Crippen LogP contribution in [0.15, 0.2) is 70.9 Å². The van der Waals surface area contributed by atoms with E-state index in [-0.39, 0.29) is 36.6 Å². The van der Waals surface area contributed by atoms with Gasteiger partial charge in [-0.3, -0.25) is 9.59 Å². The average molecular weight is 433 g/mol. The number of carbonyl (C=O) groups is 1. The van der Waals surface area contributed by atoms with E-state index in [2.05, 4.69) is 10.1 Å². The van der Waals surface area contributed by atoms with Crippen molar-refractivity contribution in [3.8, 4) is 5.75 Å². The highest BCUT2D eigenvalue weighted by Gasteiger charge is 2.31. The zero-order valence-corrected chi connectivity index (χ0v) is 16.6. The molecule has 0 radical (unpaired) electrons. The number of alkyl halides is 3. The molecule has 1 heterocycles. The number of nitrogens with one attached hydrogen (secondary N) is 1. The van der Waals surface area contributed by atoms with Crippen LogP contribution in [0.3, 0.4) is 0 Å². The minimum atomic E-state index is -4.79. The second kappa shape index (κ2) is 9.55. The van der Waals surface area contributed by atoms with Crippen LogP contribution in [0, 0.1) is 0 Å². The van der Waals surface area contributed by atoms with Crippen molar-refractivity contribution in [1.82, 2.24) is 9.88 Å². The zero-order chi connectivity index (χ0) is 22.4. The van der Waals surface area contributed by atoms with Gasteiger partial charge in [0.1, 0.15) is 5.75 Å². The second-order valence-electron chi connectivity index (χ2n) is 7.09. The predicted molar refractivity (Wildman–Crippen MR) is 109 cm³/mol. The molecule has 9 heteroatoms. The Kier molecular flexibility index (Phi) is 6.84. The Morgan fingerprint density at radius 1 is 1.23 bits per heavy atom. The molecule has 3 N–H and O–H groups in total. The number of allylic oxidation sites excluding steroid dienone is 3. The summed E-state index contributed by atoms with van der Waals surface area (Å²) in [5.41, 5.74) is 7.69. The van der Waals surface area contributed by atoms with E-state index in [1.165, 1.54) is 22.8 Å². The van der Waals surface area contributed by atoms with E-state index in [4.69, 9.17) is 5.73 Å². The van der Waals surface area contributed by atoms with Crippen molar-refractivity contribution < 1.29 is 22.7 Å². The van der Waals surface area contributed by atoms with E-state index >= 15 is 0 Å². The summed E-state index contributed by atoms with van der Waals surface area (Å²) in [6.07, 6.45) is 2.29. The molecule has 164 valence electrons. The minimum absolute atomic E-state index is 0.0716. The van der Waals surface area contributed by atoms with Crippen LogP contribution in [-0.2, 0) is 17.8 Å². The van der Waals surface area contributed by atoms with Crippen LogP contribution >= 0.6 is 0 Å². The molecule has 0 fully saturated rings. The van der Waals surface area contributed by atoms with Crippen LogP contribution in [0.4, 0.5) is 13.2 Å². The van der Waals surface area contributed by atoms with E-state index in [1.807, 2.05) is 6.08 Å². The van der Waals surface area contributed by atoms with Crippen molar-refractivity contribution in [3.63, 3.8) is 0 Å². The maximum Gasteiger partial charge on any atom is 0.573 e. The van der Waals surface area contributed by atoms with Crippen LogP contribution in [0.5, 0.6) is 5.75 Å². The molecule has 1 amide bonds. The van der Waals surface area contributed by atoms with E-state index in [0.29, 0.717) is 28.9 Å². The van der Waals surface area contributed by atoms with Gasteiger partial charge in [-0.25, -0.2) is 0 Å². The fourth-order valence-electron chi connectivity index (χ4n) is 3.20. The first-order valence-corrected chi connectivity index (χ1v) is 9.69. The highest BCUT2D eigenvalue weighted by molar-refractivity contribution is 5.78. The van der Waals surface area contributed by atoms with Crippen molar-refractivity contribution in [3.05, 3.63) is 87.6 Å². The van der Waals surface area contributed by atoms with E-state index in [0.717, 1.165) is 6.42 Å². The second-order valence-corrected chi connectivity index (χ2v) is 7.09. The minimum Gasteiger partial charge on any atom is -0.406 e. The molecule has 0 spiro atoms. The number of carbonyl (C=O) groups excluding carboxylic acids is 1. The van der Waals surface area contributed by atoms with Crippen molar-refractivity contribution in [2.75, 3.05) is 0 Å². The number of nitrogens with zero attached hydrogens (tertiary/aromatic N) is 1. The van der Waals surface area contributed by atoms with Gasteiger partial charge in [-0.1, -0.05) is 24.3 Å². The van der Waals surface area contributed by atoms with Crippen LogP contribution < -0.4 is 21.3 Å². The first-order valence-electron chi connectivity index (χ1n) is 9.69. The summed E-state index contributed by atoms with van der Waals surface area (Å²) in [5, 5.41) is 2.75. The molecule has 1 aliphatic rings. The molecule has 0 atom stereocenters. The van der Waals surface area contributed by atoms with Crippen LogP contribution in [0.2, 0.25) is 0 Å². The number of hydrogen-bond donors (Lipinski definition) is 2. The number of aromatic nitrogens is 1. The molecule has 1 aromatic carbocycles. The van der Waals surface area contributed by atoms with Gasteiger partial charge in [0.25, 0.3) is 5.56 Å². The van der Waals surface area contributed by atoms with Gasteiger partial charge in [0.15, 0.2) is 0 Å². The number of aryl methyl sites for hydroxylation is 1. The topological polar surface area (TPSA) is 86.3 Å². The first-order chi connectivity index (χ1) is 14.7. The lowest BCUT2D eigenvalue weighted by Gasteiger charge is -2.13. The van der Waals surface area contributed by atoms with E-state index in [1.54, 1.807) is 30.5 Å². The highest BCUT2D eigenvalue weighted by atomic mass is 19.4. The summed E-state index contributed by atoms with van der Waals surface area (Å²) in [4.78, 5) is 24.9. The third-order valence-corrected chi connectivity index (χ3v) is 4.69. The Morgan fingerprint density at radius 3 is 2.77 bits per heavy atom. The number of hydrogen-bond acceptors (Lipinski definition) is 4. The summed E-state index contributed by atoms with van der Waals surface area (Å²) in [6, 6.07) is 8.74. The largest absolute Gasteiger partial charge is 0.573 e. The van der Waals surface area contributed by atoms with Crippen LogP contribution in [-0.4, -0.2) is 16.8 Å². The smallest absolute Gasteiger partial charge is 0.406 e. The summed E-state index contributed by atoms with van der Waals surface area (Å²) in [5.74, 6) is -0.604. The van der Waals surface area contributed by atoms with Crippen molar-refractivity contribution >= 4 is 5.91 Å². The zero-order valence-electron chi connectivity index (χ0n) is 16.6. The van der Waals surface area contributed by atoms with Gasteiger partial charge in [0.05, 0.1) is 12.2 Å². The fourth-order valence-corrected chi connectivity index (χ4v) is 3.20. The molecule has 0 unspecified atom stereocenters. The number of rotatable bonds is 7. The fraction of sp³-hybridized carbons (Fsp3) is 0.273. The molecule has 2 aromatic rings.